The third-order valence-corrected chi connectivity index (χ3v) is 8.49. The number of carbonyl (C=O) groups excluding carboxylic acids is 1. The molecule has 1 aromatic carbocycles. The molecular formula is C29H33Cl2FN4O2S. The van der Waals surface area contributed by atoms with E-state index in [0.717, 1.165) is 44.3 Å². The largest absolute Gasteiger partial charge is 0.469 e. The molecule has 1 saturated heterocycles. The van der Waals surface area contributed by atoms with Crippen molar-refractivity contribution in [3.63, 3.8) is 0 Å². The lowest BCUT2D eigenvalue weighted by Crippen LogP contribution is -2.37. The van der Waals surface area contributed by atoms with Gasteiger partial charge in [0.15, 0.2) is 0 Å². The van der Waals surface area contributed by atoms with Crippen LogP contribution in [0.2, 0.25) is 10.0 Å². The van der Waals surface area contributed by atoms with E-state index < -0.39 is 5.95 Å². The summed E-state index contributed by atoms with van der Waals surface area (Å²) in [5.74, 6) is -0.295. The van der Waals surface area contributed by atoms with Crippen molar-refractivity contribution in [3.8, 4) is 5.88 Å². The van der Waals surface area contributed by atoms with Crippen molar-refractivity contribution in [2.45, 2.75) is 49.6 Å². The Kier molecular flexibility index (Phi) is 10.9. The summed E-state index contributed by atoms with van der Waals surface area (Å²) >= 11 is 13.9. The number of aromatic nitrogens is 2. The predicted octanol–water partition coefficient (Wildman–Crippen LogP) is 7.08. The molecule has 1 amide bonds. The summed E-state index contributed by atoms with van der Waals surface area (Å²) < 4.78 is 20.2. The number of nitrogens with one attached hydrogen (secondary N) is 1. The normalized spacial score (nSPS) is 17.7. The zero-order chi connectivity index (χ0) is 27.8. The molecule has 1 N–H and O–H groups in total. The number of rotatable bonds is 10. The Morgan fingerprint density at radius 1 is 1.15 bits per heavy atom. The quantitative estimate of drug-likeness (QED) is 0.201. The van der Waals surface area contributed by atoms with Gasteiger partial charge in [0, 0.05) is 41.9 Å². The molecular weight excluding hydrogens is 558 g/mol. The fourth-order valence-electron chi connectivity index (χ4n) is 5.00. The van der Waals surface area contributed by atoms with Crippen LogP contribution in [0.3, 0.4) is 0 Å². The minimum absolute atomic E-state index is 0.223. The molecule has 3 heterocycles. The average molecular weight is 592 g/mol. The summed E-state index contributed by atoms with van der Waals surface area (Å²) in [5, 5.41) is 3.41. The summed E-state index contributed by atoms with van der Waals surface area (Å²) in [7, 11) is 0. The van der Waals surface area contributed by atoms with Crippen molar-refractivity contribution in [1.82, 2.24) is 20.2 Å². The minimum Gasteiger partial charge on any atom is -0.469 e. The van der Waals surface area contributed by atoms with E-state index in [9.17, 15) is 9.18 Å². The van der Waals surface area contributed by atoms with E-state index in [1.165, 1.54) is 23.4 Å². The maximum atomic E-state index is 13.8. The van der Waals surface area contributed by atoms with Crippen LogP contribution in [0.4, 0.5) is 4.39 Å². The van der Waals surface area contributed by atoms with Crippen LogP contribution in [0.15, 0.2) is 59.8 Å². The number of halogens is 3. The highest BCUT2D eigenvalue weighted by atomic mass is 35.5. The van der Waals surface area contributed by atoms with E-state index >= 15 is 0 Å². The van der Waals surface area contributed by atoms with Crippen LogP contribution in [0.5, 0.6) is 5.88 Å². The molecule has 1 aliphatic rings. The van der Waals surface area contributed by atoms with Crippen molar-refractivity contribution < 1.29 is 13.9 Å². The summed E-state index contributed by atoms with van der Waals surface area (Å²) in [5.41, 5.74) is 1.32. The number of hydrogen-bond acceptors (Lipinski definition) is 6. The molecule has 1 fully saturated rings. The van der Waals surface area contributed by atoms with Crippen LogP contribution in [-0.4, -0.2) is 52.7 Å². The molecule has 0 saturated carbocycles. The second-order valence-corrected chi connectivity index (χ2v) is 11.4. The number of hydrogen-bond donors (Lipinski definition) is 1. The van der Waals surface area contributed by atoms with Gasteiger partial charge in [-0.05, 0) is 75.7 Å². The van der Waals surface area contributed by atoms with Gasteiger partial charge in [0.25, 0.3) is 5.91 Å². The summed E-state index contributed by atoms with van der Waals surface area (Å²) in [6, 6.07) is 13.3. The zero-order valence-electron chi connectivity index (χ0n) is 22.1. The molecule has 0 aliphatic carbocycles. The van der Waals surface area contributed by atoms with Gasteiger partial charge in [-0.15, -0.1) is 11.8 Å². The fraction of sp³-hybridized carbons (Fsp3) is 0.414. The highest BCUT2D eigenvalue weighted by molar-refractivity contribution is 7.98. The van der Waals surface area contributed by atoms with Crippen LogP contribution in [0, 0.1) is 11.9 Å². The maximum Gasteiger partial charge on any atom is 0.254 e. The molecule has 2 aromatic heterocycles. The Morgan fingerprint density at radius 2 is 1.90 bits per heavy atom. The number of benzene rings is 1. The van der Waals surface area contributed by atoms with Crippen molar-refractivity contribution in [3.05, 3.63) is 82.0 Å². The maximum absolute atomic E-state index is 13.8. The molecule has 0 spiro atoms. The van der Waals surface area contributed by atoms with Crippen LogP contribution in [0.25, 0.3) is 0 Å². The number of likely N-dealkylation sites (tertiary alicyclic amines) is 1. The van der Waals surface area contributed by atoms with E-state index in [2.05, 4.69) is 57.6 Å². The van der Waals surface area contributed by atoms with Gasteiger partial charge in [-0.3, -0.25) is 9.78 Å². The predicted molar refractivity (Wildman–Crippen MR) is 155 cm³/mol. The average Bonchev–Trinajstić information content (AvgIpc) is 3.18. The van der Waals surface area contributed by atoms with Crippen molar-refractivity contribution in [1.29, 1.82) is 0 Å². The monoisotopic (exact) mass is 590 g/mol. The molecule has 3 aromatic rings. The van der Waals surface area contributed by atoms with Crippen molar-refractivity contribution in [2.75, 3.05) is 25.9 Å². The molecule has 3 atom stereocenters. The Bertz CT molecular complexity index is 1230. The first-order valence-corrected chi connectivity index (χ1v) is 15.1. The topological polar surface area (TPSA) is 67.3 Å². The Labute approximate surface area is 243 Å². The Morgan fingerprint density at radius 3 is 2.59 bits per heavy atom. The van der Waals surface area contributed by atoms with E-state index in [4.69, 9.17) is 27.9 Å². The minimum atomic E-state index is -0.551. The third kappa shape index (κ3) is 8.07. The molecule has 0 bridgehead atoms. The van der Waals surface area contributed by atoms with Gasteiger partial charge in [-0.1, -0.05) is 41.4 Å². The van der Waals surface area contributed by atoms with Crippen LogP contribution in [0.1, 0.15) is 54.6 Å². The lowest BCUT2D eigenvalue weighted by molar-refractivity contribution is 0.0947. The number of pyridine rings is 2. The zero-order valence-corrected chi connectivity index (χ0v) is 24.4. The Balaban J connectivity index is 1.37. The lowest BCUT2D eigenvalue weighted by atomic mass is 9.89. The van der Waals surface area contributed by atoms with Gasteiger partial charge in [0.1, 0.15) is 6.10 Å². The number of carbonyl (C=O) groups is 1. The Hall–Kier alpha value is -2.39. The van der Waals surface area contributed by atoms with E-state index in [0.29, 0.717) is 12.4 Å². The SMILES string of the molecule is CSc1ccc(C(Oc2cccc(F)n2)C2CCCN(C(C)CCNC(=O)c3c(Cl)cncc3Cl)CC2)cc1. The number of amides is 1. The van der Waals surface area contributed by atoms with Gasteiger partial charge in [-0.2, -0.15) is 9.37 Å². The van der Waals surface area contributed by atoms with E-state index in [1.807, 2.05) is 0 Å². The molecule has 0 radical (unpaired) electrons. The van der Waals surface area contributed by atoms with Crippen LogP contribution < -0.4 is 10.1 Å². The first-order chi connectivity index (χ1) is 18.9. The summed E-state index contributed by atoms with van der Waals surface area (Å²) in [6.07, 6.45) is 8.39. The second-order valence-electron chi connectivity index (χ2n) is 9.71. The number of nitrogens with zero attached hydrogens (tertiary/aromatic N) is 3. The smallest absolute Gasteiger partial charge is 0.254 e. The molecule has 39 heavy (non-hydrogen) atoms. The highest BCUT2D eigenvalue weighted by Gasteiger charge is 2.29. The van der Waals surface area contributed by atoms with Crippen LogP contribution >= 0.6 is 35.0 Å². The fourth-order valence-corrected chi connectivity index (χ4v) is 5.94. The van der Waals surface area contributed by atoms with Crippen molar-refractivity contribution in [2.24, 2.45) is 5.92 Å². The number of thioether (sulfide) groups is 1. The van der Waals surface area contributed by atoms with Gasteiger partial charge in [0.05, 0.1) is 15.6 Å². The van der Waals surface area contributed by atoms with Crippen molar-refractivity contribution >= 4 is 40.9 Å². The van der Waals surface area contributed by atoms with E-state index in [-0.39, 0.29) is 39.6 Å². The van der Waals surface area contributed by atoms with E-state index in [1.54, 1.807) is 23.9 Å². The standard InChI is InChI=1S/C29H33Cl2FN4O2S/c1-19(12-14-34-29(37)27-23(30)17-33-18-24(27)31)36-15-4-5-20(13-16-36)28(21-8-10-22(39-2)11-9-21)38-26-7-3-6-25(32)35-26/h3,6-11,17-20,28H,4-5,12-16H2,1-2H3,(H,34,37). The molecule has 10 heteroatoms. The first-order valence-electron chi connectivity index (χ1n) is 13.1. The van der Waals surface area contributed by atoms with Crippen LogP contribution in [-0.2, 0) is 0 Å². The molecule has 4 rings (SSSR count). The number of ether oxygens (including phenoxy) is 1. The molecule has 3 unspecified atom stereocenters. The van der Waals surface area contributed by atoms with Gasteiger partial charge in [-0.25, -0.2) is 0 Å². The van der Waals surface area contributed by atoms with Gasteiger partial charge < -0.3 is 15.0 Å². The molecule has 1 aliphatic heterocycles. The molecule has 6 nitrogen and oxygen atoms in total. The third-order valence-electron chi connectivity index (χ3n) is 7.17. The first kappa shape index (κ1) is 29.6. The summed E-state index contributed by atoms with van der Waals surface area (Å²) in [6.45, 7) is 4.56. The summed E-state index contributed by atoms with van der Waals surface area (Å²) in [4.78, 5) is 24.1. The lowest BCUT2D eigenvalue weighted by Gasteiger charge is -2.29. The molecule has 208 valence electrons. The van der Waals surface area contributed by atoms with Gasteiger partial charge >= 0.3 is 0 Å². The second kappa shape index (κ2) is 14.3. The van der Waals surface area contributed by atoms with Gasteiger partial charge in [0.2, 0.25) is 11.8 Å². The highest BCUT2D eigenvalue weighted by Crippen LogP contribution is 2.35.